The minimum atomic E-state index is -2.73. The molecule has 0 unspecified atom stereocenters. The maximum Gasteiger partial charge on any atom is 0.275 e. The van der Waals surface area contributed by atoms with Gasteiger partial charge in [0.25, 0.3) is 5.92 Å². The summed E-state index contributed by atoms with van der Waals surface area (Å²) in [7, 11) is 0. The van der Waals surface area contributed by atoms with Crippen molar-refractivity contribution >= 4 is 21.5 Å². The van der Waals surface area contributed by atoms with Crippen LogP contribution in [0.1, 0.15) is 24.0 Å². The summed E-state index contributed by atoms with van der Waals surface area (Å²) in [5, 5.41) is 0. The first-order valence-corrected chi connectivity index (χ1v) is 5.16. The molecular weight excluding hydrogens is 250 g/mol. The average Bonchev–Trinajstić information content (AvgIpc) is 2.12. The molecule has 0 radical (unpaired) electrons. The van der Waals surface area contributed by atoms with Crippen LogP contribution in [0.25, 0.3) is 5.57 Å². The van der Waals surface area contributed by atoms with Crippen LogP contribution in [0.3, 0.4) is 0 Å². The van der Waals surface area contributed by atoms with E-state index in [9.17, 15) is 8.78 Å². The maximum atomic E-state index is 13.6. The Bertz CT molecular complexity index is 396. The van der Waals surface area contributed by atoms with Gasteiger partial charge in [0.15, 0.2) is 0 Å². The van der Waals surface area contributed by atoms with Gasteiger partial charge < -0.3 is 0 Å². The Labute approximate surface area is 89.8 Å². The van der Waals surface area contributed by atoms with E-state index in [1.807, 2.05) is 0 Å². The van der Waals surface area contributed by atoms with Gasteiger partial charge in [-0.1, -0.05) is 34.6 Å². The van der Waals surface area contributed by atoms with Gasteiger partial charge >= 0.3 is 0 Å². The predicted octanol–water partition coefficient (Wildman–Crippen LogP) is 4.35. The Morgan fingerprint density at radius 2 is 2.07 bits per heavy atom. The first kappa shape index (κ1) is 9.84. The number of hydrogen-bond acceptors (Lipinski definition) is 0. The molecule has 0 atom stereocenters. The molecule has 2 rings (SSSR count). The number of hydrogen-bond donors (Lipinski definition) is 0. The third-order valence-corrected chi connectivity index (χ3v) is 3.16. The van der Waals surface area contributed by atoms with Crippen LogP contribution in [-0.4, -0.2) is 0 Å². The lowest BCUT2D eigenvalue weighted by Crippen LogP contribution is -2.20. The largest absolute Gasteiger partial charge is 0.275 e. The summed E-state index contributed by atoms with van der Waals surface area (Å²) in [4.78, 5) is 0. The average molecular weight is 259 g/mol. The van der Waals surface area contributed by atoms with Gasteiger partial charge in [0, 0.05) is 16.5 Å². The van der Waals surface area contributed by atoms with E-state index >= 15 is 0 Å². The summed E-state index contributed by atoms with van der Waals surface area (Å²) in [6, 6.07) is 5.11. The van der Waals surface area contributed by atoms with Crippen molar-refractivity contribution in [1.29, 1.82) is 0 Å². The highest BCUT2D eigenvalue weighted by Gasteiger charge is 2.39. The van der Waals surface area contributed by atoms with Gasteiger partial charge in [-0.15, -0.1) is 0 Å². The molecule has 0 fully saturated rings. The van der Waals surface area contributed by atoms with E-state index in [1.165, 1.54) is 0 Å². The lowest BCUT2D eigenvalue weighted by molar-refractivity contribution is -0.0157. The molecule has 0 nitrogen and oxygen atoms in total. The minimum Gasteiger partial charge on any atom is -0.201 e. The van der Waals surface area contributed by atoms with Gasteiger partial charge in [-0.25, -0.2) is 8.78 Å². The smallest absolute Gasteiger partial charge is 0.201 e. The van der Waals surface area contributed by atoms with Crippen molar-refractivity contribution in [3.63, 3.8) is 0 Å². The molecule has 0 saturated heterocycles. The quantitative estimate of drug-likeness (QED) is 0.649. The number of fused-ring (bicyclic) bond motifs is 1. The number of allylic oxidation sites excluding steroid dienone is 1. The van der Waals surface area contributed by atoms with Gasteiger partial charge in [-0.05, 0) is 23.6 Å². The van der Waals surface area contributed by atoms with Crippen LogP contribution in [0.4, 0.5) is 8.78 Å². The summed E-state index contributed by atoms with van der Waals surface area (Å²) < 4.78 is 27.6. The zero-order valence-corrected chi connectivity index (χ0v) is 9.07. The van der Waals surface area contributed by atoms with Crippen molar-refractivity contribution in [2.45, 2.75) is 18.8 Å². The van der Waals surface area contributed by atoms with E-state index in [4.69, 9.17) is 0 Å². The highest BCUT2D eigenvalue weighted by molar-refractivity contribution is 9.10. The Balaban J connectivity index is 2.70. The van der Waals surface area contributed by atoms with E-state index < -0.39 is 5.92 Å². The van der Waals surface area contributed by atoms with E-state index in [0.717, 1.165) is 5.57 Å². The lowest BCUT2D eigenvalue weighted by Gasteiger charge is -2.27. The Hall–Kier alpha value is -0.700. The van der Waals surface area contributed by atoms with Gasteiger partial charge in [0.2, 0.25) is 0 Å². The van der Waals surface area contributed by atoms with Crippen LogP contribution in [-0.2, 0) is 5.92 Å². The van der Waals surface area contributed by atoms with E-state index in [-0.39, 0.29) is 12.0 Å². The topological polar surface area (TPSA) is 0 Å². The second kappa shape index (κ2) is 3.16. The lowest BCUT2D eigenvalue weighted by atomic mass is 9.86. The molecule has 1 aliphatic carbocycles. The summed E-state index contributed by atoms with van der Waals surface area (Å²) >= 11 is 3.16. The summed E-state index contributed by atoms with van der Waals surface area (Å²) in [5.74, 6) is -2.73. The highest BCUT2D eigenvalue weighted by Crippen LogP contribution is 2.46. The van der Waals surface area contributed by atoms with Gasteiger partial charge in [0.1, 0.15) is 0 Å². The molecule has 1 aliphatic rings. The number of halogens is 3. The Kier molecular flexibility index (Phi) is 2.22. The predicted molar refractivity (Wildman–Crippen MR) is 56.3 cm³/mol. The molecule has 14 heavy (non-hydrogen) atoms. The number of rotatable bonds is 0. The van der Waals surface area contributed by atoms with Crippen molar-refractivity contribution in [3.8, 4) is 0 Å². The summed E-state index contributed by atoms with van der Waals surface area (Å²) in [5.41, 5.74) is 1.49. The first-order chi connectivity index (χ1) is 6.52. The monoisotopic (exact) mass is 258 g/mol. The fourth-order valence-electron chi connectivity index (χ4n) is 1.76. The molecule has 1 aromatic rings. The molecule has 0 N–H and O–H groups in total. The molecular formula is C11H9BrF2. The van der Waals surface area contributed by atoms with Crippen LogP contribution in [0.2, 0.25) is 0 Å². The van der Waals surface area contributed by atoms with Crippen molar-refractivity contribution in [2.75, 3.05) is 0 Å². The zero-order chi connectivity index (χ0) is 10.3. The third-order valence-electron chi connectivity index (χ3n) is 2.50. The minimum absolute atomic E-state index is 0.0938. The van der Waals surface area contributed by atoms with Crippen LogP contribution in [0, 0.1) is 0 Å². The van der Waals surface area contributed by atoms with Crippen molar-refractivity contribution in [1.82, 2.24) is 0 Å². The highest BCUT2D eigenvalue weighted by atomic mass is 79.9. The van der Waals surface area contributed by atoms with Crippen LogP contribution in [0.5, 0.6) is 0 Å². The normalized spacial score (nSPS) is 19.2. The Morgan fingerprint density at radius 1 is 1.36 bits per heavy atom. The van der Waals surface area contributed by atoms with Crippen molar-refractivity contribution in [2.24, 2.45) is 0 Å². The second-order valence-electron chi connectivity index (χ2n) is 3.47. The van der Waals surface area contributed by atoms with Crippen LogP contribution in [0.15, 0.2) is 29.3 Å². The molecule has 0 bridgehead atoms. The molecule has 0 heterocycles. The molecule has 3 heteroatoms. The van der Waals surface area contributed by atoms with E-state index in [2.05, 4.69) is 22.5 Å². The maximum absolute atomic E-state index is 13.6. The SMILES string of the molecule is C=C1CCC(F)(F)c2c(Br)cccc21. The molecule has 1 aromatic carbocycles. The molecule has 0 aliphatic heterocycles. The number of alkyl halides is 2. The molecule has 0 saturated carbocycles. The molecule has 74 valence electrons. The van der Waals surface area contributed by atoms with Gasteiger partial charge in [-0.3, -0.25) is 0 Å². The molecule has 0 spiro atoms. The van der Waals surface area contributed by atoms with Crippen molar-refractivity contribution < 1.29 is 8.78 Å². The van der Waals surface area contributed by atoms with Gasteiger partial charge in [0.05, 0.1) is 0 Å². The third kappa shape index (κ3) is 1.40. The van der Waals surface area contributed by atoms with Crippen LogP contribution >= 0.6 is 15.9 Å². The fourth-order valence-corrected chi connectivity index (χ4v) is 2.41. The Morgan fingerprint density at radius 3 is 2.71 bits per heavy atom. The van der Waals surface area contributed by atoms with Crippen molar-refractivity contribution in [3.05, 3.63) is 40.4 Å². The second-order valence-corrected chi connectivity index (χ2v) is 4.32. The standard InChI is InChI=1S/C11H9BrF2/c1-7-5-6-11(13,14)10-8(7)3-2-4-9(10)12/h2-4H,1,5-6H2. The first-order valence-electron chi connectivity index (χ1n) is 4.37. The summed E-state index contributed by atoms with van der Waals surface area (Å²) in [6.45, 7) is 3.81. The van der Waals surface area contributed by atoms with E-state index in [0.29, 0.717) is 16.5 Å². The van der Waals surface area contributed by atoms with Gasteiger partial charge in [-0.2, -0.15) is 0 Å². The van der Waals surface area contributed by atoms with Crippen LogP contribution < -0.4 is 0 Å². The zero-order valence-electron chi connectivity index (χ0n) is 7.49. The fraction of sp³-hybridized carbons (Fsp3) is 0.273. The molecule has 0 aromatic heterocycles. The summed E-state index contributed by atoms with van der Waals surface area (Å²) in [6.07, 6.45) is 0.234. The molecule has 0 amide bonds. The number of benzene rings is 1. The van der Waals surface area contributed by atoms with E-state index in [1.54, 1.807) is 18.2 Å².